The minimum Gasteiger partial charge on any atom is -0.394 e. The number of aliphatic hydroxyl groups is 1. The average molecular weight is 488 g/mol. The molecule has 0 unspecified atom stereocenters. The highest BCUT2D eigenvalue weighted by atomic mass is 32.2. The molecular formula is C25H33N3O5S. The standard InChI is InChI=1S/C25H33N3O5S/c1-18(30)19-5-9-21(10-6-19)27-13-15-28(16-14-27)24(31)23(17-29)26-34(32,33)22-11-7-20(8-12-22)25(2,3)4/h5-12,23,26,29H,13-17H2,1-4H3/t23-/m0/s1. The third-order valence-electron chi connectivity index (χ3n) is 6.04. The van der Waals surface area contributed by atoms with Gasteiger partial charge in [0, 0.05) is 37.4 Å². The minimum absolute atomic E-state index is 0.00427. The van der Waals surface area contributed by atoms with Gasteiger partial charge in [-0.15, -0.1) is 0 Å². The first-order valence-electron chi connectivity index (χ1n) is 11.3. The van der Waals surface area contributed by atoms with E-state index in [2.05, 4.69) is 9.62 Å². The van der Waals surface area contributed by atoms with Gasteiger partial charge in [0.25, 0.3) is 0 Å². The molecule has 1 atom stereocenters. The van der Waals surface area contributed by atoms with Crippen molar-refractivity contribution in [3.05, 3.63) is 59.7 Å². The van der Waals surface area contributed by atoms with E-state index in [1.807, 2.05) is 32.9 Å². The Morgan fingerprint density at radius 3 is 2.00 bits per heavy atom. The number of aliphatic hydroxyl groups excluding tert-OH is 1. The SMILES string of the molecule is CC(=O)c1ccc(N2CCN(C(=O)[C@H](CO)NS(=O)(=O)c3ccc(C(C)(C)C)cc3)CC2)cc1. The molecule has 2 N–H and O–H groups in total. The van der Waals surface area contributed by atoms with Crippen LogP contribution in [0.15, 0.2) is 53.4 Å². The number of carbonyl (C=O) groups excluding carboxylic acids is 2. The van der Waals surface area contributed by atoms with Gasteiger partial charge in [-0.1, -0.05) is 32.9 Å². The van der Waals surface area contributed by atoms with Crippen LogP contribution in [0.25, 0.3) is 0 Å². The van der Waals surface area contributed by atoms with Crippen molar-refractivity contribution in [3.8, 4) is 0 Å². The predicted octanol–water partition coefficient (Wildman–Crippen LogP) is 2.17. The number of rotatable bonds is 7. The molecule has 2 aromatic rings. The van der Waals surface area contributed by atoms with Crippen LogP contribution < -0.4 is 9.62 Å². The van der Waals surface area contributed by atoms with E-state index < -0.39 is 28.6 Å². The number of nitrogens with zero attached hydrogens (tertiary/aromatic N) is 2. The number of Topliss-reactive ketones (excluding diaryl/α,β-unsaturated/α-hetero) is 1. The van der Waals surface area contributed by atoms with Crippen molar-refractivity contribution in [1.82, 2.24) is 9.62 Å². The highest BCUT2D eigenvalue weighted by Gasteiger charge is 2.31. The molecule has 8 nitrogen and oxygen atoms in total. The third kappa shape index (κ3) is 6.02. The number of hydrogen-bond donors (Lipinski definition) is 2. The Kier molecular flexibility index (Phi) is 7.80. The van der Waals surface area contributed by atoms with Crippen molar-refractivity contribution in [2.24, 2.45) is 0 Å². The van der Waals surface area contributed by atoms with E-state index in [4.69, 9.17) is 0 Å². The second kappa shape index (κ2) is 10.2. The molecule has 0 saturated carbocycles. The minimum atomic E-state index is -3.98. The van der Waals surface area contributed by atoms with Gasteiger partial charge in [0.1, 0.15) is 6.04 Å². The van der Waals surface area contributed by atoms with E-state index in [1.165, 1.54) is 19.1 Å². The van der Waals surface area contributed by atoms with Gasteiger partial charge in [0.05, 0.1) is 11.5 Å². The molecule has 1 aliphatic rings. The Balaban J connectivity index is 1.62. The predicted molar refractivity (Wildman–Crippen MR) is 132 cm³/mol. The monoisotopic (exact) mass is 487 g/mol. The van der Waals surface area contributed by atoms with E-state index in [1.54, 1.807) is 29.2 Å². The molecule has 1 amide bonds. The van der Waals surface area contributed by atoms with Gasteiger partial charge in [0.2, 0.25) is 15.9 Å². The zero-order chi connectivity index (χ0) is 25.1. The molecule has 0 radical (unpaired) electrons. The zero-order valence-electron chi connectivity index (χ0n) is 20.1. The molecule has 0 aliphatic carbocycles. The molecule has 1 aliphatic heterocycles. The van der Waals surface area contributed by atoms with E-state index in [0.29, 0.717) is 31.7 Å². The summed E-state index contributed by atoms with van der Waals surface area (Å²) in [6.45, 7) is 8.91. The Labute approximate surface area is 201 Å². The van der Waals surface area contributed by atoms with Gasteiger partial charge >= 0.3 is 0 Å². The number of sulfonamides is 1. The fourth-order valence-corrected chi connectivity index (χ4v) is 5.05. The Bertz CT molecular complexity index is 1110. The van der Waals surface area contributed by atoms with Gasteiger partial charge in [-0.05, 0) is 54.3 Å². The molecule has 184 valence electrons. The Morgan fingerprint density at radius 1 is 0.971 bits per heavy atom. The number of amides is 1. The fraction of sp³-hybridized carbons (Fsp3) is 0.440. The maximum Gasteiger partial charge on any atom is 0.243 e. The van der Waals surface area contributed by atoms with Crippen LogP contribution in [0, 0.1) is 0 Å². The third-order valence-corrected chi connectivity index (χ3v) is 7.53. The second-order valence-electron chi connectivity index (χ2n) is 9.55. The van der Waals surface area contributed by atoms with Crippen LogP contribution in [0.3, 0.4) is 0 Å². The van der Waals surface area contributed by atoms with E-state index in [0.717, 1.165) is 11.3 Å². The van der Waals surface area contributed by atoms with Crippen molar-refractivity contribution in [3.63, 3.8) is 0 Å². The second-order valence-corrected chi connectivity index (χ2v) is 11.3. The van der Waals surface area contributed by atoms with E-state index in [9.17, 15) is 23.1 Å². The lowest BCUT2D eigenvalue weighted by atomic mass is 9.87. The maximum atomic E-state index is 13.0. The first-order chi connectivity index (χ1) is 15.9. The summed E-state index contributed by atoms with van der Waals surface area (Å²) in [6.07, 6.45) is 0. The molecule has 3 rings (SSSR count). The molecule has 0 aromatic heterocycles. The number of ketones is 1. The molecule has 0 spiro atoms. The van der Waals surface area contributed by atoms with Gasteiger partial charge in [-0.3, -0.25) is 9.59 Å². The first-order valence-corrected chi connectivity index (χ1v) is 12.8. The highest BCUT2D eigenvalue weighted by Crippen LogP contribution is 2.23. The van der Waals surface area contributed by atoms with Crippen LogP contribution in [0.2, 0.25) is 0 Å². The summed E-state index contributed by atoms with van der Waals surface area (Å²) >= 11 is 0. The van der Waals surface area contributed by atoms with Crippen LogP contribution in [0.4, 0.5) is 5.69 Å². The summed E-state index contributed by atoms with van der Waals surface area (Å²) in [4.78, 5) is 28.1. The molecule has 9 heteroatoms. The Morgan fingerprint density at radius 2 is 1.53 bits per heavy atom. The van der Waals surface area contributed by atoms with Crippen molar-refractivity contribution in [2.45, 2.75) is 44.0 Å². The highest BCUT2D eigenvalue weighted by molar-refractivity contribution is 7.89. The topological polar surface area (TPSA) is 107 Å². The molecule has 1 saturated heterocycles. The largest absolute Gasteiger partial charge is 0.394 e. The molecule has 2 aromatic carbocycles. The summed E-state index contributed by atoms with van der Waals surface area (Å²) in [5.41, 5.74) is 2.48. The van der Waals surface area contributed by atoms with Crippen LogP contribution in [0.1, 0.15) is 43.6 Å². The maximum absolute atomic E-state index is 13.0. The number of carbonyl (C=O) groups is 2. The lowest BCUT2D eigenvalue weighted by molar-refractivity contribution is -0.134. The molecule has 0 bridgehead atoms. The van der Waals surface area contributed by atoms with Gasteiger partial charge in [-0.2, -0.15) is 4.72 Å². The van der Waals surface area contributed by atoms with Crippen LogP contribution in [-0.2, 0) is 20.2 Å². The summed E-state index contributed by atoms with van der Waals surface area (Å²) < 4.78 is 28.0. The number of benzene rings is 2. The van der Waals surface area contributed by atoms with Gasteiger partial charge < -0.3 is 14.9 Å². The zero-order valence-corrected chi connectivity index (χ0v) is 20.9. The molecule has 1 heterocycles. The van der Waals surface area contributed by atoms with Crippen LogP contribution in [0.5, 0.6) is 0 Å². The van der Waals surface area contributed by atoms with E-state index in [-0.39, 0.29) is 16.1 Å². The first kappa shape index (κ1) is 25.9. The molecule has 34 heavy (non-hydrogen) atoms. The summed E-state index contributed by atoms with van der Waals surface area (Å²) in [5, 5.41) is 9.78. The lowest BCUT2D eigenvalue weighted by Crippen LogP contribution is -2.56. The normalized spacial score (nSPS) is 15.8. The fourth-order valence-electron chi connectivity index (χ4n) is 3.87. The molecular weight excluding hydrogens is 454 g/mol. The Hall–Kier alpha value is -2.75. The van der Waals surface area contributed by atoms with Crippen LogP contribution >= 0.6 is 0 Å². The smallest absolute Gasteiger partial charge is 0.243 e. The number of piperazine rings is 1. The van der Waals surface area contributed by atoms with Gasteiger partial charge in [-0.25, -0.2) is 8.42 Å². The summed E-state index contributed by atoms with van der Waals surface area (Å²) in [6, 6.07) is 12.6. The van der Waals surface area contributed by atoms with Crippen molar-refractivity contribution < 1.29 is 23.1 Å². The van der Waals surface area contributed by atoms with Crippen molar-refractivity contribution in [2.75, 3.05) is 37.7 Å². The number of hydrogen-bond acceptors (Lipinski definition) is 6. The van der Waals surface area contributed by atoms with Crippen molar-refractivity contribution >= 4 is 27.4 Å². The number of anilines is 1. The van der Waals surface area contributed by atoms with Gasteiger partial charge in [0.15, 0.2) is 5.78 Å². The van der Waals surface area contributed by atoms with Crippen molar-refractivity contribution in [1.29, 1.82) is 0 Å². The summed E-state index contributed by atoms with van der Waals surface area (Å²) in [7, 11) is -3.98. The quantitative estimate of drug-likeness (QED) is 0.580. The van der Waals surface area contributed by atoms with Crippen LogP contribution in [-0.4, -0.2) is 68.9 Å². The summed E-state index contributed by atoms with van der Waals surface area (Å²) in [5.74, 6) is -0.450. The van der Waals surface area contributed by atoms with E-state index >= 15 is 0 Å². The molecule has 1 fully saturated rings. The number of nitrogens with one attached hydrogen (secondary N) is 1. The lowest BCUT2D eigenvalue weighted by Gasteiger charge is -2.37. The average Bonchev–Trinajstić information content (AvgIpc) is 2.82.